The first-order chi connectivity index (χ1) is 27.6. The van der Waals surface area contributed by atoms with Gasteiger partial charge in [-0.15, -0.1) is 0 Å². The van der Waals surface area contributed by atoms with Crippen molar-refractivity contribution in [3.05, 3.63) is 53.7 Å². The molecule has 5 N–H and O–H groups in total. The fourth-order valence-electron chi connectivity index (χ4n) is 6.76. The number of aliphatic hydroxyl groups excluding tert-OH is 2. The van der Waals surface area contributed by atoms with Gasteiger partial charge in [-0.05, 0) is 30.7 Å². The third kappa shape index (κ3) is 14.7. The summed E-state index contributed by atoms with van der Waals surface area (Å²) < 4.78 is 42.4. The Balaban J connectivity index is 1.19. The van der Waals surface area contributed by atoms with E-state index in [-0.39, 0.29) is 24.7 Å². The molecule has 0 amide bonds. The van der Waals surface area contributed by atoms with Crippen LogP contribution < -0.4 is 5.73 Å². The Morgan fingerprint density at radius 3 is 2.16 bits per heavy atom. The van der Waals surface area contributed by atoms with Crippen molar-refractivity contribution in [3.8, 4) is 12.1 Å². The number of pyridine rings is 1. The molecule has 1 saturated heterocycles. The Hall–Kier alpha value is -3.54. The number of phosphoric ester groups is 1. The maximum Gasteiger partial charge on any atom is 0.472 e. The lowest BCUT2D eigenvalue weighted by molar-refractivity contribution is -0.0791. The molecule has 1 unspecified atom stereocenters. The number of hydrogen-bond donors (Lipinski definition) is 4. The van der Waals surface area contributed by atoms with Gasteiger partial charge in [0.2, 0.25) is 5.60 Å². The summed E-state index contributed by atoms with van der Waals surface area (Å²) in [5.41, 5.74) is 5.27. The van der Waals surface area contributed by atoms with Crippen LogP contribution in [0, 0.1) is 22.7 Å². The maximum atomic E-state index is 13.1. The topological polar surface area (TPSA) is 241 Å². The van der Waals surface area contributed by atoms with Crippen molar-refractivity contribution in [1.82, 2.24) is 19.6 Å². The average molecular weight is 814 g/mol. The predicted octanol–water partition coefficient (Wildman–Crippen LogP) is 6.63. The van der Waals surface area contributed by atoms with Crippen LogP contribution in [0.5, 0.6) is 0 Å². The molecular formula is C40H60N7O9P. The molecule has 1 fully saturated rings. The van der Waals surface area contributed by atoms with Crippen LogP contribution in [0.3, 0.4) is 0 Å². The lowest BCUT2D eigenvalue weighted by atomic mass is 9.96. The summed E-state index contributed by atoms with van der Waals surface area (Å²) in [4.78, 5) is 18.7. The number of aromatic nitrogens is 4. The Morgan fingerprint density at radius 2 is 1.56 bits per heavy atom. The molecule has 17 heteroatoms. The molecule has 1 aliphatic rings. The monoisotopic (exact) mass is 813 g/mol. The molecule has 0 radical (unpaired) electrons. The highest BCUT2D eigenvalue weighted by atomic mass is 31.2. The van der Waals surface area contributed by atoms with Crippen molar-refractivity contribution in [3.63, 3.8) is 0 Å². The van der Waals surface area contributed by atoms with E-state index in [4.69, 9.17) is 34.3 Å². The second-order valence-electron chi connectivity index (χ2n) is 14.7. The number of aliphatic hydroxyl groups is 2. The van der Waals surface area contributed by atoms with Crippen molar-refractivity contribution in [1.29, 1.82) is 10.5 Å². The molecule has 0 spiro atoms. The highest BCUT2D eigenvalue weighted by Crippen LogP contribution is 2.47. The van der Waals surface area contributed by atoms with Crippen LogP contribution in [-0.4, -0.2) is 85.0 Å². The molecule has 6 atom stereocenters. The van der Waals surface area contributed by atoms with Gasteiger partial charge < -0.3 is 35.1 Å². The number of anilines is 1. The standard InChI is InChI=1S/C40H60N7O9P/c1-2-3-4-5-6-7-8-9-10-11-12-13-14-15-16-17-22-52-26-33(53-25-32-19-18-31(23-41)24-44-32)27-54-57(50,51)55-29-40(28-42)38(49)36(48)37(56-40)34-20-21-35-39(43)45-30-46-47(34)35/h18-21,24,30,33,36-38,48-49H,2-17,22,25-27,29H2,1H3,(H,50,51)(H2,43,45,46)/t33-,36-,37-,38-,40+/m0/s1. The van der Waals surface area contributed by atoms with Crippen LogP contribution in [0.15, 0.2) is 36.8 Å². The van der Waals surface area contributed by atoms with E-state index in [2.05, 4.69) is 22.0 Å². The van der Waals surface area contributed by atoms with E-state index < -0.39 is 51.1 Å². The molecule has 3 aromatic heterocycles. The molecule has 1 aliphatic heterocycles. The van der Waals surface area contributed by atoms with Gasteiger partial charge in [0.15, 0.2) is 5.82 Å². The van der Waals surface area contributed by atoms with Gasteiger partial charge in [0.25, 0.3) is 0 Å². The zero-order valence-electron chi connectivity index (χ0n) is 33.1. The fraction of sp³-hybridized carbons (Fsp3) is 0.675. The lowest BCUT2D eigenvalue weighted by Crippen LogP contribution is -2.45. The molecule has 4 rings (SSSR count). The smallest absolute Gasteiger partial charge is 0.387 e. The SMILES string of the molecule is CCCCCCCCCCCCCCCCCCOC[C@@H](COP(=O)(O)OC[C@@]1(C#N)O[C@@H](c2ccc3c(N)ncnn23)[C@H](O)[C@@H]1O)OCc1ccc(C#N)cn1. The number of fused-ring (bicyclic) bond motifs is 1. The maximum absolute atomic E-state index is 13.1. The van der Waals surface area contributed by atoms with Crippen LogP contribution in [0.25, 0.3) is 5.52 Å². The van der Waals surface area contributed by atoms with Gasteiger partial charge in [-0.2, -0.15) is 15.6 Å². The van der Waals surface area contributed by atoms with Gasteiger partial charge in [-0.3, -0.25) is 14.0 Å². The summed E-state index contributed by atoms with van der Waals surface area (Å²) >= 11 is 0. The van der Waals surface area contributed by atoms with Crippen LogP contribution in [0.4, 0.5) is 5.82 Å². The molecule has 4 heterocycles. The minimum Gasteiger partial charge on any atom is -0.387 e. The van der Waals surface area contributed by atoms with E-state index in [9.17, 15) is 24.9 Å². The third-order valence-electron chi connectivity index (χ3n) is 10.2. The number of phosphoric acid groups is 1. The van der Waals surface area contributed by atoms with Crippen molar-refractivity contribution in [2.45, 2.75) is 146 Å². The second kappa shape index (κ2) is 24.4. The Morgan fingerprint density at radius 1 is 0.912 bits per heavy atom. The first-order valence-corrected chi connectivity index (χ1v) is 21.8. The summed E-state index contributed by atoms with van der Waals surface area (Å²) in [6.45, 7) is 1.45. The number of nitriles is 2. The molecule has 3 aromatic rings. The molecule has 57 heavy (non-hydrogen) atoms. The molecule has 0 saturated carbocycles. The van der Waals surface area contributed by atoms with Gasteiger partial charge in [0.05, 0.1) is 36.8 Å². The average Bonchev–Trinajstić information content (AvgIpc) is 3.76. The molecule has 0 aromatic carbocycles. The van der Waals surface area contributed by atoms with Gasteiger partial charge in [0.1, 0.15) is 55.0 Å². The highest BCUT2D eigenvalue weighted by molar-refractivity contribution is 7.47. The first kappa shape index (κ1) is 46.2. The number of nitrogens with zero attached hydrogens (tertiary/aromatic N) is 6. The van der Waals surface area contributed by atoms with Crippen molar-refractivity contribution in [2.24, 2.45) is 0 Å². The molecular weight excluding hydrogens is 753 g/mol. The van der Waals surface area contributed by atoms with E-state index >= 15 is 0 Å². The van der Waals surface area contributed by atoms with Crippen LogP contribution in [0.1, 0.15) is 133 Å². The van der Waals surface area contributed by atoms with Crippen LogP contribution in [0.2, 0.25) is 0 Å². The number of hydrogen-bond acceptors (Lipinski definition) is 14. The second-order valence-corrected chi connectivity index (χ2v) is 16.1. The van der Waals surface area contributed by atoms with E-state index in [1.54, 1.807) is 30.3 Å². The number of unbranched alkanes of at least 4 members (excludes halogenated alkanes) is 15. The Bertz CT molecular complexity index is 1750. The van der Waals surface area contributed by atoms with Crippen LogP contribution >= 0.6 is 7.82 Å². The van der Waals surface area contributed by atoms with Crippen molar-refractivity contribution in [2.75, 3.05) is 32.2 Å². The van der Waals surface area contributed by atoms with Gasteiger partial charge in [-0.25, -0.2) is 14.1 Å². The lowest BCUT2D eigenvalue weighted by Gasteiger charge is -2.25. The zero-order valence-corrected chi connectivity index (χ0v) is 34.0. The quantitative estimate of drug-likeness (QED) is 0.0425. The Kier molecular flexibility index (Phi) is 19.8. The minimum atomic E-state index is -4.86. The van der Waals surface area contributed by atoms with Crippen molar-refractivity contribution >= 4 is 19.2 Å². The van der Waals surface area contributed by atoms with Crippen LogP contribution in [-0.2, 0) is 34.4 Å². The third-order valence-corrected chi connectivity index (χ3v) is 11.1. The number of rotatable bonds is 29. The summed E-state index contributed by atoms with van der Waals surface area (Å²) in [5.74, 6) is 0.165. The molecule has 314 valence electrons. The largest absolute Gasteiger partial charge is 0.472 e. The summed E-state index contributed by atoms with van der Waals surface area (Å²) in [5, 5.41) is 45.0. The summed E-state index contributed by atoms with van der Waals surface area (Å²) in [7, 11) is -4.86. The van der Waals surface area contributed by atoms with Gasteiger partial charge in [-0.1, -0.05) is 103 Å². The zero-order chi connectivity index (χ0) is 40.9. The van der Waals surface area contributed by atoms with E-state index in [1.807, 2.05) is 6.07 Å². The molecule has 16 nitrogen and oxygen atoms in total. The van der Waals surface area contributed by atoms with E-state index in [0.717, 1.165) is 19.3 Å². The van der Waals surface area contributed by atoms with E-state index in [0.29, 0.717) is 23.4 Å². The minimum absolute atomic E-state index is 0.0145. The summed E-state index contributed by atoms with van der Waals surface area (Å²) in [6.07, 6.45) is 17.4. The van der Waals surface area contributed by atoms with E-state index in [1.165, 1.54) is 101 Å². The Labute approximate surface area is 335 Å². The van der Waals surface area contributed by atoms with Gasteiger partial charge in [0, 0.05) is 12.8 Å². The fourth-order valence-corrected chi connectivity index (χ4v) is 7.54. The number of ether oxygens (including phenoxy) is 3. The summed E-state index contributed by atoms with van der Waals surface area (Å²) in [6, 6.07) is 10.2. The first-order valence-electron chi connectivity index (χ1n) is 20.3. The number of nitrogens with two attached hydrogens (primary N) is 1. The van der Waals surface area contributed by atoms with Crippen molar-refractivity contribution < 1.29 is 42.9 Å². The molecule has 0 bridgehead atoms. The number of nitrogen functional groups attached to an aromatic ring is 1. The highest BCUT2D eigenvalue weighted by Gasteiger charge is 2.57. The molecule has 0 aliphatic carbocycles. The normalized spacial score (nSPS) is 21.0. The van der Waals surface area contributed by atoms with Gasteiger partial charge >= 0.3 is 7.82 Å². The predicted molar refractivity (Wildman–Crippen MR) is 211 cm³/mol.